The molecular weight excluding hydrogens is 376 g/mol. The van der Waals surface area contributed by atoms with E-state index in [2.05, 4.69) is 35.2 Å². The lowest BCUT2D eigenvalue weighted by Crippen LogP contribution is -2.48. The second-order valence-electron chi connectivity index (χ2n) is 8.62. The Balaban J connectivity index is 1.31. The third-order valence-electron chi connectivity index (χ3n) is 6.91. The predicted octanol–water partition coefficient (Wildman–Crippen LogP) is 4.22. The second kappa shape index (κ2) is 9.09. The SMILES string of the molecule is COc1ccc(C(=O)N2CCC3(CCN(Cc4ccccc4)CC3)CC2)cc1OC. The smallest absolute Gasteiger partial charge is 0.253 e. The van der Waals surface area contributed by atoms with E-state index >= 15 is 0 Å². The number of carbonyl (C=O) groups excluding carboxylic acids is 1. The second-order valence-corrected chi connectivity index (χ2v) is 8.62. The first kappa shape index (κ1) is 20.7. The Bertz CT molecular complexity index is 850. The highest BCUT2D eigenvalue weighted by Crippen LogP contribution is 2.42. The van der Waals surface area contributed by atoms with E-state index in [1.807, 2.05) is 11.0 Å². The van der Waals surface area contributed by atoms with Crippen LogP contribution >= 0.6 is 0 Å². The van der Waals surface area contributed by atoms with Crippen molar-refractivity contribution in [3.63, 3.8) is 0 Å². The van der Waals surface area contributed by atoms with Crippen LogP contribution in [0.1, 0.15) is 41.6 Å². The number of amides is 1. The van der Waals surface area contributed by atoms with Gasteiger partial charge in [0.05, 0.1) is 14.2 Å². The average molecular weight is 409 g/mol. The molecule has 0 radical (unpaired) electrons. The van der Waals surface area contributed by atoms with Gasteiger partial charge in [0, 0.05) is 25.2 Å². The molecule has 0 aliphatic carbocycles. The summed E-state index contributed by atoms with van der Waals surface area (Å²) < 4.78 is 10.6. The summed E-state index contributed by atoms with van der Waals surface area (Å²) in [6, 6.07) is 16.2. The maximum absolute atomic E-state index is 13.0. The lowest BCUT2D eigenvalue weighted by molar-refractivity contribution is 0.0285. The molecule has 4 rings (SSSR count). The van der Waals surface area contributed by atoms with Crippen LogP contribution in [0.5, 0.6) is 11.5 Å². The van der Waals surface area contributed by atoms with E-state index in [0.29, 0.717) is 22.5 Å². The Morgan fingerprint density at radius 1 is 0.867 bits per heavy atom. The number of piperidine rings is 2. The van der Waals surface area contributed by atoms with E-state index in [9.17, 15) is 4.79 Å². The van der Waals surface area contributed by atoms with Crippen molar-refractivity contribution < 1.29 is 14.3 Å². The third-order valence-corrected chi connectivity index (χ3v) is 6.91. The maximum atomic E-state index is 13.0. The van der Waals surface area contributed by atoms with Gasteiger partial charge >= 0.3 is 0 Å². The van der Waals surface area contributed by atoms with E-state index in [1.165, 1.54) is 18.4 Å². The molecule has 0 N–H and O–H groups in total. The summed E-state index contributed by atoms with van der Waals surface area (Å²) in [5, 5.41) is 0. The summed E-state index contributed by atoms with van der Waals surface area (Å²) in [6.45, 7) is 5.02. The Morgan fingerprint density at radius 2 is 1.50 bits per heavy atom. The van der Waals surface area contributed by atoms with Gasteiger partial charge in [-0.2, -0.15) is 0 Å². The van der Waals surface area contributed by atoms with E-state index in [-0.39, 0.29) is 5.91 Å². The van der Waals surface area contributed by atoms with E-state index in [0.717, 1.165) is 45.6 Å². The first-order valence-corrected chi connectivity index (χ1v) is 10.9. The molecule has 0 saturated carbocycles. The van der Waals surface area contributed by atoms with Crippen molar-refractivity contribution in [3.05, 3.63) is 59.7 Å². The van der Waals surface area contributed by atoms with Crippen molar-refractivity contribution >= 4 is 5.91 Å². The van der Waals surface area contributed by atoms with Gasteiger partial charge < -0.3 is 14.4 Å². The van der Waals surface area contributed by atoms with E-state index in [4.69, 9.17) is 9.47 Å². The number of ether oxygens (including phenoxy) is 2. The summed E-state index contributed by atoms with van der Waals surface area (Å²) in [7, 11) is 3.20. The van der Waals surface area contributed by atoms with Crippen molar-refractivity contribution in [2.45, 2.75) is 32.2 Å². The number of hydrogen-bond acceptors (Lipinski definition) is 4. The fraction of sp³-hybridized carbons (Fsp3) is 0.480. The molecule has 2 aliphatic rings. The van der Waals surface area contributed by atoms with Crippen LogP contribution < -0.4 is 9.47 Å². The Labute approximate surface area is 179 Å². The van der Waals surface area contributed by atoms with Crippen molar-refractivity contribution in [3.8, 4) is 11.5 Å². The van der Waals surface area contributed by atoms with Crippen molar-refractivity contribution in [1.29, 1.82) is 0 Å². The number of benzene rings is 2. The molecule has 30 heavy (non-hydrogen) atoms. The zero-order valence-electron chi connectivity index (χ0n) is 18.1. The van der Waals surface area contributed by atoms with Gasteiger partial charge in [0.2, 0.25) is 0 Å². The van der Waals surface area contributed by atoms with Gasteiger partial charge in [-0.3, -0.25) is 9.69 Å². The fourth-order valence-electron chi connectivity index (χ4n) is 4.86. The third kappa shape index (κ3) is 4.46. The summed E-state index contributed by atoms with van der Waals surface area (Å²) in [5.41, 5.74) is 2.46. The molecule has 2 heterocycles. The number of carbonyl (C=O) groups is 1. The Kier molecular flexibility index (Phi) is 6.28. The molecular formula is C25H32N2O3. The van der Waals surface area contributed by atoms with Gasteiger partial charge in [0.1, 0.15) is 0 Å². The molecule has 2 saturated heterocycles. The molecule has 2 fully saturated rings. The number of hydrogen-bond donors (Lipinski definition) is 0. The first-order chi connectivity index (χ1) is 14.6. The van der Waals surface area contributed by atoms with Gasteiger partial charge in [-0.25, -0.2) is 0 Å². The molecule has 5 nitrogen and oxygen atoms in total. The van der Waals surface area contributed by atoms with Crippen LogP contribution in [-0.4, -0.2) is 56.1 Å². The minimum atomic E-state index is 0.0901. The standard InChI is InChI=1S/C25H32N2O3/c1-29-22-9-8-21(18-23(22)30-2)24(28)27-16-12-25(13-17-27)10-14-26(15-11-25)19-20-6-4-3-5-7-20/h3-9,18H,10-17,19H2,1-2H3. The van der Waals surface area contributed by atoms with Crippen LogP contribution in [-0.2, 0) is 6.54 Å². The van der Waals surface area contributed by atoms with E-state index < -0.39 is 0 Å². The van der Waals surface area contributed by atoms with Crippen LogP contribution in [0.25, 0.3) is 0 Å². The quantitative estimate of drug-likeness (QED) is 0.743. The van der Waals surface area contributed by atoms with Crippen molar-refractivity contribution in [1.82, 2.24) is 9.80 Å². The first-order valence-electron chi connectivity index (χ1n) is 10.9. The van der Waals surface area contributed by atoms with Crippen LogP contribution in [0.3, 0.4) is 0 Å². The summed E-state index contributed by atoms with van der Waals surface area (Å²) in [5.74, 6) is 1.34. The monoisotopic (exact) mass is 408 g/mol. The molecule has 1 spiro atoms. The lowest BCUT2D eigenvalue weighted by Gasteiger charge is -2.47. The molecule has 5 heteroatoms. The zero-order chi connectivity index (χ0) is 21.0. The van der Waals surface area contributed by atoms with Gasteiger partial charge in [0.25, 0.3) is 5.91 Å². The topological polar surface area (TPSA) is 42.0 Å². The Morgan fingerprint density at radius 3 is 2.13 bits per heavy atom. The molecule has 0 aromatic heterocycles. The van der Waals surface area contributed by atoms with Crippen LogP contribution in [0.15, 0.2) is 48.5 Å². The van der Waals surface area contributed by atoms with Gasteiger partial charge in [-0.05, 0) is 68.0 Å². The van der Waals surface area contributed by atoms with Crippen LogP contribution in [0.2, 0.25) is 0 Å². The van der Waals surface area contributed by atoms with Crippen molar-refractivity contribution in [2.75, 3.05) is 40.4 Å². The molecule has 1 amide bonds. The molecule has 2 aliphatic heterocycles. The largest absolute Gasteiger partial charge is 0.493 e. The van der Waals surface area contributed by atoms with Crippen molar-refractivity contribution in [2.24, 2.45) is 5.41 Å². The molecule has 2 aromatic rings. The average Bonchev–Trinajstić information content (AvgIpc) is 2.81. The van der Waals surface area contributed by atoms with Crippen LogP contribution in [0, 0.1) is 5.41 Å². The number of methoxy groups -OCH3 is 2. The zero-order valence-corrected chi connectivity index (χ0v) is 18.1. The minimum absolute atomic E-state index is 0.0901. The number of likely N-dealkylation sites (tertiary alicyclic amines) is 2. The number of rotatable bonds is 5. The lowest BCUT2D eigenvalue weighted by atomic mass is 9.71. The normalized spacial score (nSPS) is 18.9. The van der Waals surface area contributed by atoms with Gasteiger partial charge in [-0.15, -0.1) is 0 Å². The van der Waals surface area contributed by atoms with E-state index in [1.54, 1.807) is 26.4 Å². The highest BCUT2D eigenvalue weighted by atomic mass is 16.5. The minimum Gasteiger partial charge on any atom is -0.493 e. The molecule has 0 bridgehead atoms. The van der Waals surface area contributed by atoms with Gasteiger partial charge in [-0.1, -0.05) is 30.3 Å². The summed E-state index contributed by atoms with van der Waals surface area (Å²) >= 11 is 0. The van der Waals surface area contributed by atoms with Crippen LogP contribution in [0.4, 0.5) is 0 Å². The molecule has 160 valence electrons. The maximum Gasteiger partial charge on any atom is 0.253 e. The number of nitrogens with zero attached hydrogens (tertiary/aromatic N) is 2. The Hall–Kier alpha value is -2.53. The highest BCUT2D eigenvalue weighted by molar-refractivity contribution is 5.95. The summed E-state index contributed by atoms with van der Waals surface area (Å²) in [4.78, 5) is 17.6. The molecule has 2 aromatic carbocycles. The molecule has 0 unspecified atom stereocenters. The fourth-order valence-corrected chi connectivity index (χ4v) is 4.86. The van der Waals surface area contributed by atoms with Gasteiger partial charge in [0.15, 0.2) is 11.5 Å². The summed E-state index contributed by atoms with van der Waals surface area (Å²) in [6.07, 6.45) is 4.67. The highest BCUT2D eigenvalue weighted by Gasteiger charge is 2.38. The molecule has 0 atom stereocenters. The predicted molar refractivity (Wildman–Crippen MR) is 118 cm³/mol.